The predicted molar refractivity (Wildman–Crippen MR) is 51.0 cm³/mol. The summed E-state index contributed by atoms with van der Waals surface area (Å²) in [5, 5.41) is 11.4. The largest absolute Gasteiger partial charge is 0.381 e. The van der Waals surface area contributed by atoms with Crippen LogP contribution in [0.3, 0.4) is 0 Å². The molecule has 82 valence electrons. The van der Waals surface area contributed by atoms with E-state index in [0.717, 1.165) is 0 Å². The van der Waals surface area contributed by atoms with Crippen molar-refractivity contribution in [3.8, 4) is 0 Å². The normalized spacial score (nSPS) is 16.9. The van der Waals surface area contributed by atoms with Gasteiger partial charge in [-0.1, -0.05) is 6.92 Å². The molecular formula is C8H17N3O3. The maximum atomic E-state index is 11.3. The van der Waals surface area contributed by atoms with Crippen LogP contribution in [0.1, 0.15) is 13.8 Å². The zero-order chi connectivity index (χ0) is 11.3. The van der Waals surface area contributed by atoms with Gasteiger partial charge in [0.05, 0.1) is 6.54 Å². The first kappa shape index (κ1) is 12.9. The highest BCUT2D eigenvalue weighted by molar-refractivity contribution is 5.82. The number of amides is 2. The average Bonchev–Trinajstić information content (AvgIpc) is 2.11. The molecule has 0 fully saturated rings. The van der Waals surface area contributed by atoms with Gasteiger partial charge in [0.2, 0.25) is 11.8 Å². The van der Waals surface area contributed by atoms with Crippen LogP contribution in [0.5, 0.6) is 0 Å². The molecule has 0 aromatic rings. The molecule has 0 aromatic heterocycles. The first-order valence-electron chi connectivity index (χ1n) is 4.37. The summed E-state index contributed by atoms with van der Waals surface area (Å²) in [6.07, 6.45) is -1.35. The molecule has 0 saturated carbocycles. The number of rotatable bonds is 5. The van der Waals surface area contributed by atoms with Crippen molar-refractivity contribution in [2.75, 3.05) is 6.54 Å². The summed E-state index contributed by atoms with van der Waals surface area (Å²) < 4.78 is 0. The van der Waals surface area contributed by atoms with Gasteiger partial charge in [-0.05, 0) is 6.92 Å². The molecule has 6 N–H and O–H groups in total. The van der Waals surface area contributed by atoms with Crippen LogP contribution in [-0.4, -0.2) is 35.6 Å². The molecule has 0 aliphatic carbocycles. The highest BCUT2D eigenvalue weighted by atomic mass is 16.3. The molecule has 3 unspecified atom stereocenters. The average molecular weight is 203 g/mol. The SMILES string of the molecule is CC(N)C(C)C(=O)NCC(O)C(N)=O. The van der Waals surface area contributed by atoms with Crippen LogP contribution in [-0.2, 0) is 9.59 Å². The molecule has 0 rings (SSSR count). The molecule has 0 saturated heterocycles. The Hall–Kier alpha value is -1.14. The molecule has 2 amide bonds. The lowest BCUT2D eigenvalue weighted by Gasteiger charge is -2.16. The van der Waals surface area contributed by atoms with Crippen molar-refractivity contribution in [1.29, 1.82) is 0 Å². The van der Waals surface area contributed by atoms with Gasteiger partial charge in [-0.2, -0.15) is 0 Å². The van der Waals surface area contributed by atoms with Crippen molar-refractivity contribution < 1.29 is 14.7 Å². The minimum atomic E-state index is -1.35. The number of primary amides is 1. The molecule has 0 spiro atoms. The second-order valence-electron chi connectivity index (χ2n) is 3.31. The Kier molecular flexibility index (Phi) is 5.11. The van der Waals surface area contributed by atoms with Crippen LogP contribution in [0, 0.1) is 5.92 Å². The van der Waals surface area contributed by atoms with E-state index in [1.165, 1.54) is 0 Å². The Morgan fingerprint density at radius 2 is 1.93 bits per heavy atom. The van der Waals surface area contributed by atoms with Crippen LogP contribution in [0.4, 0.5) is 0 Å². The Bertz CT molecular complexity index is 218. The monoisotopic (exact) mass is 203 g/mol. The van der Waals surface area contributed by atoms with Crippen molar-refractivity contribution in [3.63, 3.8) is 0 Å². The summed E-state index contributed by atoms with van der Waals surface area (Å²) in [5.74, 6) is -1.53. The van der Waals surface area contributed by atoms with Gasteiger partial charge in [0.15, 0.2) is 0 Å². The van der Waals surface area contributed by atoms with E-state index in [1.807, 2.05) is 0 Å². The van der Waals surface area contributed by atoms with Crippen LogP contribution in [0.15, 0.2) is 0 Å². The Balaban J connectivity index is 3.91. The minimum absolute atomic E-state index is 0.175. The first-order chi connectivity index (χ1) is 6.36. The quantitative estimate of drug-likeness (QED) is 0.410. The van der Waals surface area contributed by atoms with Crippen molar-refractivity contribution in [1.82, 2.24) is 5.32 Å². The molecule has 0 heterocycles. The van der Waals surface area contributed by atoms with E-state index < -0.39 is 12.0 Å². The van der Waals surface area contributed by atoms with Crippen LogP contribution < -0.4 is 16.8 Å². The number of carbonyl (C=O) groups excluding carboxylic acids is 2. The highest BCUT2D eigenvalue weighted by Crippen LogP contribution is 1.98. The molecule has 0 aromatic carbocycles. The molecule has 0 bridgehead atoms. The third-order valence-corrected chi connectivity index (χ3v) is 2.00. The molecule has 0 aliphatic heterocycles. The lowest BCUT2D eigenvalue weighted by Crippen LogP contribution is -2.44. The van der Waals surface area contributed by atoms with Gasteiger partial charge in [-0.15, -0.1) is 0 Å². The second kappa shape index (κ2) is 5.56. The number of hydrogen-bond acceptors (Lipinski definition) is 4. The fourth-order valence-corrected chi connectivity index (χ4v) is 0.698. The summed E-state index contributed by atoms with van der Waals surface area (Å²) in [4.78, 5) is 21.7. The van der Waals surface area contributed by atoms with Gasteiger partial charge in [-0.3, -0.25) is 9.59 Å². The smallest absolute Gasteiger partial charge is 0.248 e. The standard InChI is InChI=1S/C8H17N3O3/c1-4(5(2)9)8(14)11-3-6(12)7(10)13/h4-6,12H,3,9H2,1-2H3,(H2,10,13)(H,11,14). The van der Waals surface area contributed by atoms with Gasteiger partial charge < -0.3 is 21.9 Å². The zero-order valence-corrected chi connectivity index (χ0v) is 8.36. The Morgan fingerprint density at radius 3 is 2.29 bits per heavy atom. The summed E-state index contributed by atoms with van der Waals surface area (Å²) in [5.41, 5.74) is 10.3. The Morgan fingerprint density at radius 1 is 1.43 bits per heavy atom. The fourth-order valence-electron chi connectivity index (χ4n) is 0.698. The molecule has 0 radical (unpaired) electrons. The van der Waals surface area contributed by atoms with Gasteiger partial charge in [0, 0.05) is 12.0 Å². The van der Waals surface area contributed by atoms with E-state index in [1.54, 1.807) is 13.8 Å². The number of aliphatic hydroxyl groups is 1. The number of carbonyl (C=O) groups is 2. The summed E-state index contributed by atoms with van der Waals surface area (Å²) in [6.45, 7) is 3.19. The minimum Gasteiger partial charge on any atom is -0.381 e. The molecule has 6 heteroatoms. The van der Waals surface area contributed by atoms with E-state index in [0.29, 0.717) is 0 Å². The van der Waals surface area contributed by atoms with Crippen LogP contribution >= 0.6 is 0 Å². The topological polar surface area (TPSA) is 118 Å². The number of nitrogens with two attached hydrogens (primary N) is 2. The third kappa shape index (κ3) is 4.20. The Labute approximate surface area is 82.6 Å². The van der Waals surface area contributed by atoms with E-state index in [-0.39, 0.29) is 24.4 Å². The molecular weight excluding hydrogens is 186 g/mol. The van der Waals surface area contributed by atoms with Crippen molar-refractivity contribution in [2.24, 2.45) is 17.4 Å². The fraction of sp³-hybridized carbons (Fsp3) is 0.750. The van der Waals surface area contributed by atoms with Crippen molar-refractivity contribution in [3.05, 3.63) is 0 Å². The van der Waals surface area contributed by atoms with Crippen LogP contribution in [0.25, 0.3) is 0 Å². The molecule has 6 nitrogen and oxygen atoms in total. The van der Waals surface area contributed by atoms with Gasteiger partial charge >= 0.3 is 0 Å². The number of aliphatic hydroxyl groups excluding tert-OH is 1. The predicted octanol–water partition coefficient (Wildman–Crippen LogP) is -2.07. The summed E-state index contributed by atoms with van der Waals surface area (Å²) in [7, 11) is 0. The third-order valence-electron chi connectivity index (χ3n) is 2.00. The maximum Gasteiger partial charge on any atom is 0.248 e. The summed E-state index contributed by atoms with van der Waals surface area (Å²) in [6, 6.07) is -0.277. The van der Waals surface area contributed by atoms with Crippen molar-refractivity contribution >= 4 is 11.8 Å². The first-order valence-corrected chi connectivity index (χ1v) is 4.37. The zero-order valence-electron chi connectivity index (χ0n) is 8.36. The number of nitrogens with one attached hydrogen (secondary N) is 1. The second-order valence-corrected chi connectivity index (χ2v) is 3.31. The van der Waals surface area contributed by atoms with Gasteiger partial charge in [0.25, 0.3) is 0 Å². The van der Waals surface area contributed by atoms with Crippen LogP contribution in [0.2, 0.25) is 0 Å². The molecule has 3 atom stereocenters. The van der Waals surface area contributed by atoms with E-state index in [2.05, 4.69) is 5.32 Å². The van der Waals surface area contributed by atoms with Crippen molar-refractivity contribution in [2.45, 2.75) is 26.0 Å². The van der Waals surface area contributed by atoms with E-state index in [4.69, 9.17) is 16.6 Å². The van der Waals surface area contributed by atoms with E-state index in [9.17, 15) is 9.59 Å². The maximum absolute atomic E-state index is 11.3. The lowest BCUT2D eigenvalue weighted by atomic mass is 10.0. The van der Waals surface area contributed by atoms with Gasteiger partial charge in [0.1, 0.15) is 6.10 Å². The summed E-state index contributed by atoms with van der Waals surface area (Å²) >= 11 is 0. The number of hydrogen-bond donors (Lipinski definition) is 4. The lowest BCUT2D eigenvalue weighted by molar-refractivity contribution is -0.128. The molecule has 0 aliphatic rings. The highest BCUT2D eigenvalue weighted by Gasteiger charge is 2.18. The van der Waals surface area contributed by atoms with Gasteiger partial charge in [-0.25, -0.2) is 0 Å². The van der Waals surface area contributed by atoms with E-state index >= 15 is 0 Å². The molecule has 14 heavy (non-hydrogen) atoms.